The molecular weight excluding hydrogens is 397 g/mol. The third-order valence-electron chi connectivity index (χ3n) is 3.73. The Morgan fingerprint density at radius 3 is 2.26 bits per heavy atom. The molecule has 0 spiro atoms. The number of carbonyl (C=O) groups is 1. The highest BCUT2D eigenvalue weighted by Crippen LogP contribution is 2.33. The lowest BCUT2D eigenvalue weighted by molar-refractivity contribution is 0.0593. The second kappa shape index (κ2) is 7.10. The van der Waals surface area contributed by atoms with Gasteiger partial charge < -0.3 is 4.74 Å². The largest absolute Gasteiger partial charge is 0.464 e. The summed E-state index contributed by atoms with van der Waals surface area (Å²) >= 11 is 6.34. The molecule has 0 aliphatic rings. The van der Waals surface area contributed by atoms with Gasteiger partial charge in [0.2, 0.25) is 10.0 Å². The van der Waals surface area contributed by atoms with E-state index in [1.807, 2.05) is 0 Å². The number of nitrogens with two attached hydrogens (primary N) is 1. The molecule has 0 bridgehead atoms. The Labute approximate surface area is 159 Å². The summed E-state index contributed by atoms with van der Waals surface area (Å²) in [6.07, 6.45) is 0. The molecule has 2 N–H and O–H groups in total. The summed E-state index contributed by atoms with van der Waals surface area (Å²) in [5.74, 6) is -1.19. The minimum atomic E-state index is -3.86. The summed E-state index contributed by atoms with van der Waals surface area (Å²) in [6, 6.07) is 11.0. The van der Waals surface area contributed by atoms with Crippen LogP contribution in [0.15, 0.2) is 53.4 Å². The van der Waals surface area contributed by atoms with Crippen molar-refractivity contribution in [1.82, 2.24) is 9.78 Å². The van der Waals surface area contributed by atoms with Gasteiger partial charge in [0.25, 0.3) is 0 Å². The fraction of sp³-hybridized carbons (Fsp3) is 0.0588. The van der Waals surface area contributed by atoms with Gasteiger partial charge in [-0.05, 0) is 48.5 Å². The number of esters is 1. The van der Waals surface area contributed by atoms with E-state index in [1.165, 1.54) is 60.3 Å². The quantitative estimate of drug-likeness (QED) is 0.667. The Morgan fingerprint density at radius 1 is 1.15 bits per heavy atom. The summed E-state index contributed by atoms with van der Waals surface area (Å²) in [7, 11) is -2.67. The number of halogens is 2. The fourth-order valence-corrected chi connectivity index (χ4v) is 3.27. The summed E-state index contributed by atoms with van der Waals surface area (Å²) in [5, 5.41) is 9.29. The minimum absolute atomic E-state index is 0.0176. The topological polar surface area (TPSA) is 104 Å². The molecule has 3 aromatic rings. The Morgan fingerprint density at radius 2 is 1.74 bits per heavy atom. The maximum Gasteiger partial charge on any atom is 0.360 e. The zero-order valence-corrected chi connectivity index (χ0v) is 15.5. The number of hydrogen-bond acceptors (Lipinski definition) is 5. The van der Waals surface area contributed by atoms with Crippen LogP contribution in [0, 0.1) is 5.82 Å². The molecule has 0 aliphatic heterocycles. The van der Waals surface area contributed by atoms with E-state index in [0.29, 0.717) is 16.9 Å². The van der Waals surface area contributed by atoms with Crippen LogP contribution in [0.5, 0.6) is 0 Å². The first-order valence-electron chi connectivity index (χ1n) is 7.48. The van der Waals surface area contributed by atoms with Gasteiger partial charge in [-0.25, -0.2) is 27.4 Å². The highest BCUT2D eigenvalue weighted by molar-refractivity contribution is 7.89. The Kier molecular flexibility index (Phi) is 5.01. The predicted molar refractivity (Wildman–Crippen MR) is 96.7 cm³/mol. The van der Waals surface area contributed by atoms with Crippen molar-refractivity contribution < 1.29 is 22.3 Å². The Balaban J connectivity index is 2.22. The first-order valence-corrected chi connectivity index (χ1v) is 9.41. The van der Waals surface area contributed by atoms with Gasteiger partial charge >= 0.3 is 5.97 Å². The van der Waals surface area contributed by atoms with E-state index in [2.05, 4.69) is 9.84 Å². The van der Waals surface area contributed by atoms with Crippen LogP contribution in [0.3, 0.4) is 0 Å². The highest BCUT2D eigenvalue weighted by atomic mass is 35.5. The summed E-state index contributed by atoms with van der Waals surface area (Å²) in [6.45, 7) is 0. The van der Waals surface area contributed by atoms with E-state index >= 15 is 0 Å². The first kappa shape index (κ1) is 19.0. The molecule has 7 nitrogen and oxygen atoms in total. The zero-order valence-electron chi connectivity index (χ0n) is 13.9. The van der Waals surface area contributed by atoms with E-state index in [9.17, 15) is 17.6 Å². The van der Waals surface area contributed by atoms with Crippen molar-refractivity contribution in [2.45, 2.75) is 4.90 Å². The lowest BCUT2D eigenvalue weighted by Crippen LogP contribution is -2.12. The third-order valence-corrected chi connectivity index (χ3v) is 5.02. The third kappa shape index (κ3) is 3.70. The molecule has 0 saturated heterocycles. The van der Waals surface area contributed by atoms with Gasteiger partial charge in [0.15, 0.2) is 5.69 Å². The molecule has 1 aromatic heterocycles. The van der Waals surface area contributed by atoms with E-state index in [4.69, 9.17) is 16.7 Å². The van der Waals surface area contributed by atoms with Crippen LogP contribution in [0.4, 0.5) is 4.39 Å². The summed E-state index contributed by atoms with van der Waals surface area (Å²) in [5.41, 5.74) is 1.10. The number of benzene rings is 2. The SMILES string of the molecule is COC(=O)c1nn(-c2ccc(S(N)(=O)=O)cc2)c(-c2ccc(F)cc2)c1Cl. The number of carbonyl (C=O) groups excluding carboxylic acids is 1. The van der Waals surface area contributed by atoms with Crippen molar-refractivity contribution in [2.75, 3.05) is 7.11 Å². The van der Waals surface area contributed by atoms with Gasteiger partial charge in [0, 0.05) is 5.56 Å². The van der Waals surface area contributed by atoms with Crippen LogP contribution < -0.4 is 5.14 Å². The average molecular weight is 410 g/mol. The number of nitrogens with zero attached hydrogens (tertiary/aromatic N) is 2. The van der Waals surface area contributed by atoms with E-state index in [1.54, 1.807) is 0 Å². The van der Waals surface area contributed by atoms with E-state index in [-0.39, 0.29) is 15.6 Å². The zero-order chi connectivity index (χ0) is 19.8. The van der Waals surface area contributed by atoms with Crippen molar-refractivity contribution in [3.8, 4) is 16.9 Å². The van der Waals surface area contributed by atoms with Crippen molar-refractivity contribution in [3.05, 3.63) is 65.1 Å². The number of aromatic nitrogens is 2. The van der Waals surface area contributed by atoms with Crippen molar-refractivity contribution in [1.29, 1.82) is 0 Å². The summed E-state index contributed by atoms with van der Waals surface area (Å²) in [4.78, 5) is 11.9. The van der Waals surface area contributed by atoms with Gasteiger partial charge in [-0.3, -0.25) is 0 Å². The molecule has 0 saturated carbocycles. The number of hydrogen-bond donors (Lipinski definition) is 1. The van der Waals surface area contributed by atoms with Gasteiger partial charge in [-0.15, -0.1) is 0 Å². The van der Waals surface area contributed by atoms with Gasteiger partial charge in [-0.2, -0.15) is 5.10 Å². The molecule has 0 aliphatic carbocycles. The molecule has 0 amide bonds. The Bertz CT molecular complexity index is 1110. The maximum atomic E-state index is 13.3. The summed E-state index contributed by atoms with van der Waals surface area (Å²) < 4.78 is 42.1. The molecular formula is C17H13ClFN3O4S. The standard InChI is InChI=1S/C17H13ClFN3O4S/c1-26-17(23)15-14(18)16(10-2-4-11(19)5-3-10)22(21-15)12-6-8-13(9-7-12)27(20,24)25/h2-9H,1H3,(H2,20,24,25). The van der Waals surface area contributed by atoms with Crippen molar-refractivity contribution in [2.24, 2.45) is 5.14 Å². The second-order valence-electron chi connectivity index (χ2n) is 5.46. The Hall–Kier alpha value is -2.75. The molecule has 2 aromatic carbocycles. The normalized spacial score (nSPS) is 11.4. The minimum Gasteiger partial charge on any atom is -0.464 e. The highest BCUT2D eigenvalue weighted by Gasteiger charge is 2.24. The molecule has 0 unspecified atom stereocenters. The van der Waals surface area contributed by atoms with Crippen LogP contribution >= 0.6 is 11.6 Å². The van der Waals surface area contributed by atoms with Gasteiger partial charge in [0.05, 0.1) is 23.4 Å². The van der Waals surface area contributed by atoms with Gasteiger partial charge in [0.1, 0.15) is 10.8 Å². The number of methoxy groups -OCH3 is 1. The molecule has 27 heavy (non-hydrogen) atoms. The predicted octanol–water partition coefficient (Wildman–Crippen LogP) is 2.77. The smallest absolute Gasteiger partial charge is 0.360 e. The molecule has 0 radical (unpaired) electrons. The average Bonchev–Trinajstić information content (AvgIpc) is 2.98. The number of sulfonamides is 1. The lowest BCUT2D eigenvalue weighted by Gasteiger charge is -2.09. The maximum absolute atomic E-state index is 13.3. The lowest BCUT2D eigenvalue weighted by atomic mass is 10.1. The molecule has 140 valence electrons. The number of rotatable bonds is 4. The van der Waals surface area contributed by atoms with E-state index in [0.717, 1.165) is 0 Å². The molecule has 10 heteroatoms. The first-order chi connectivity index (χ1) is 12.7. The molecule has 0 fully saturated rings. The number of ether oxygens (including phenoxy) is 1. The number of primary sulfonamides is 1. The van der Waals surface area contributed by atoms with Crippen LogP contribution in [0.1, 0.15) is 10.5 Å². The van der Waals surface area contributed by atoms with Crippen LogP contribution in [-0.4, -0.2) is 31.3 Å². The molecule has 0 atom stereocenters. The fourth-order valence-electron chi connectivity index (χ4n) is 2.45. The monoisotopic (exact) mass is 409 g/mol. The second-order valence-corrected chi connectivity index (χ2v) is 7.40. The van der Waals surface area contributed by atoms with Crippen LogP contribution in [-0.2, 0) is 14.8 Å². The van der Waals surface area contributed by atoms with Crippen molar-refractivity contribution in [3.63, 3.8) is 0 Å². The van der Waals surface area contributed by atoms with Crippen molar-refractivity contribution >= 4 is 27.6 Å². The van der Waals surface area contributed by atoms with E-state index < -0.39 is 21.8 Å². The van der Waals surface area contributed by atoms with Gasteiger partial charge in [-0.1, -0.05) is 11.6 Å². The van der Waals surface area contributed by atoms with Crippen LogP contribution in [0.25, 0.3) is 16.9 Å². The van der Waals surface area contributed by atoms with Crippen LogP contribution in [0.2, 0.25) is 5.02 Å². The molecule has 1 heterocycles. The molecule has 3 rings (SSSR count).